The second-order valence-electron chi connectivity index (χ2n) is 5.90. The van der Waals surface area contributed by atoms with E-state index in [1.165, 1.54) is 11.8 Å². The summed E-state index contributed by atoms with van der Waals surface area (Å²) in [5.74, 6) is 1.01. The Morgan fingerprint density at radius 1 is 1.15 bits per heavy atom. The molecular formula is C20H24N2O4S. The Morgan fingerprint density at radius 2 is 1.89 bits per heavy atom. The average Bonchev–Trinajstić information content (AvgIpc) is 3.10. The zero-order valence-electron chi connectivity index (χ0n) is 16.0. The number of hydrogen-bond acceptors (Lipinski definition) is 7. The lowest BCUT2D eigenvalue weighted by Crippen LogP contribution is -2.34. The zero-order valence-corrected chi connectivity index (χ0v) is 16.8. The van der Waals surface area contributed by atoms with Gasteiger partial charge in [0.25, 0.3) is 0 Å². The van der Waals surface area contributed by atoms with Gasteiger partial charge in [-0.15, -0.1) is 0 Å². The molecule has 0 aromatic heterocycles. The summed E-state index contributed by atoms with van der Waals surface area (Å²) in [5.41, 5.74) is 2.14. The molecule has 6 nitrogen and oxygen atoms in total. The summed E-state index contributed by atoms with van der Waals surface area (Å²) in [7, 11) is 0. The minimum Gasteiger partial charge on any atom is -0.490 e. The predicted octanol–water partition coefficient (Wildman–Crippen LogP) is 4.25. The number of hydrogen-bond donors (Lipinski definition) is 0. The number of aliphatic imine (C=N–C) groups is 1. The van der Waals surface area contributed by atoms with Gasteiger partial charge in [0.15, 0.2) is 16.7 Å². The van der Waals surface area contributed by atoms with E-state index < -0.39 is 0 Å². The molecule has 0 bridgehead atoms. The largest absolute Gasteiger partial charge is 0.490 e. The highest BCUT2D eigenvalue weighted by Crippen LogP contribution is 2.43. The Labute approximate surface area is 163 Å². The molecule has 0 aliphatic carbocycles. The SMILES string of the molecule is CCOC(=O)C1=C(C)N=C2SC=CN2[C@H]1c1ccc(OCC)c(OCC)c1. The van der Waals surface area contributed by atoms with Gasteiger partial charge in [0.05, 0.1) is 37.1 Å². The molecule has 0 N–H and O–H groups in total. The van der Waals surface area contributed by atoms with Gasteiger partial charge in [-0.2, -0.15) is 0 Å². The molecule has 7 heteroatoms. The number of nitrogens with zero attached hydrogens (tertiary/aromatic N) is 2. The lowest BCUT2D eigenvalue weighted by atomic mass is 9.94. The van der Waals surface area contributed by atoms with Crippen molar-refractivity contribution in [2.24, 2.45) is 4.99 Å². The third kappa shape index (κ3) is 3.83. The fraction of sp³-hybridized carbons (Fsp3) is 0.400. The number of ether oxygens (including phenoxy) is 3. The molecule has 1 atom stereocenters. The molecular weight excluding hydrogens is 364 g/mol. The van der Waals surface area contributed by atoms with E-state index in [9.17, 15) is 4.79 Å². The van der Waals surface area contributed by atoms with E-state index >= 15 is 0 Å². The van der Waals surface area contributed by atoms with Crippen molar-refractivity contribution in [3.05, 3.63) is 46.6 Å². The highest BCUT2D eigenvalue weighted by atomic mass is 32.2. The van der Waals surface area contributed by atoms with Crippen molar-refractivity contribution in [3.8, 4) is 11.5 Å². The smallest absolute Gasteiger partial charge is 0.338 e. The average molecular weight is 388 g/mol. The molecule has 0 amide bonds. The van der Waals surface area contributed by atoms with E-state index in [1.807, 2.05) is 55.5 Å². The van der Waals surface area contributed by atoms with Crippen LogP contribution in [0.5, 0.6) is 11.5 Å². The number of benzene rings is 1. The van der Waals surface area contributed by atoms with Crippen LogP contribution < -0.4 is 9.47 Å². The second-order valence-corrected chi connectivity index (χ2v) is 6.77. The molecule has 3 rings (SSSR count). The van der Waals surface area contributed by atoms with Gasteiger partial charge < -0.3 is 19.1 Å². The second kappa shape index (κ2) is 8.52. The number of carbonyl (C=O) groups excluding carboxylic acids is 1. The van der Waals surface area contributed by atoms with Crippen LogP contribution in [0.25, 0.3) is 0 Å². The maximum atomic E-state index is 12.7. The Bertz CT molecular complexity index is 816. The predicted molar refractivity (Wildman–Crippen MR) is 107 cm³/mol. The van der Waals surface area contributed by atoms with Gasteiger partial charge in [-0.1, -0.05) is 17.8 Å². The summed E-state index contributed by atoms with van der Waals surface area (Å²) in [6.07, 6.45) is 1.94. The monoisotopic (exact) mass is 388 g/mol. The number of rotatable bonds is 7. The van der Waals surface area contributed by atoms with Crippen molar-refractivity contribution in [3.63, 3.8) is 0 Å². The van der Waals surface area contributed by atoms with Gasteiger partial charge in [0.1, 0.15) is 0 Å². The normalized spacial score (nSPS) is 18.3. The minimum absolute atomic E-state index is 0.316. The maximum Gasteiger partial charge on any atom is 0.338 e. The van der Waals surface area contributed by atoms with Crippen molar-refractivity contribution in [2.45, 2.75) is 33.7 Å². The van der Waals surface area contributed by atoms with E-state index in [4.69, 9.17) is 14.2 Å². The summed E-state index contributed by atoms with van der Waals surface area (Å²) in [6.45, 7) is 8.91. The molecule has 2 heterocycles. The first kappa shape index (κ1) is 19.4. The van der Waals surface area contributed by atoms with Crippen molar-refractivity contribution in [2.75, 3.05) is 19.8 Å². The minimum atomic E-state index is -0.347. The fourth-order valence-corrected chi connectivity index (χ4v) is 3.93. The summed E-state index contributed by atoms with van der Waals surface area (Å²) >= 11 is 1.53. The lowest BCUT2D eigenvalue weighted by molar-refractivity contribution is -0.139. The fourth-order valence-electron chi connectivity index (χ4n) is 3.14. The van der Waals surface area contributed by atoms with Crippen LogP contribution in [0.2, 0.25) is 0 Å². The molecule has 0 radical (unpaired) electrons. The Hall–Kier alpha value is -2.41. The summed E-state index contributed by atoms with van der Waals surface area (Å²) in [5, 5.41) is 2.81. The van der Waals surface area contributed by atoms with Gasteiger partial charge >= 0.3 is 5.97 Å². The number of carbonyl (C=O) groups is 1. The quantitative estimate of drug-likeness (QED) is 0.651. The third-order valence-electron chi connectivity index (χ3n) is 4.20. The molecule has 0 unspecified atom stereocenters. The lowest BCUT2D eigenvalue weighted by Gasteiger charge is -2.33. The van der Waals surface area contributed by atoms with Gasteiger partial charge in [0.2, 0.25) is 0 Å². The molecule has 1 aromatic rings. The van der Waals surface area contributed by atoms with Gasteiger partial charge in [-0.3, -0.25) is 0 Å². The summed E-state index contributed by atoms with van der Waals surface area (Å²) < 4.78 is 16.8. The van der Waals surface area contributed by atoms with Crippen LogP contribution in [-0.4, -0.2) is 35.9 Å². The first-order valence-corrected chi connectivity index (χ1v) is 9.96. The highest BCUT2D eigenvalue weighted by Gasteiger charge is 2.37. The molecule has 0 saturated heterocycles. The number of esters is 1. The molecule has 1 aromatic carbocycles. The zero-order chi connectivity index (χ0) is 19.4. The third-order valence-corrected chi connectivity index (χ3v) is 4.97. The van der Waals surface area contributed by atoms with Gasteiger partial charge in [0, 0.05) is 6.20 Å². The maximum absolute atomic E-state index is 12.7. The van der Waals surface area contributed by atoms with E-state index in [0.29, 0.717) is 42.6 Å². The van der Waals surface area contributed by atoms with Crippen LogP contribution in [0.1, 0.15) is 39.3 Å². The van der Waals surface area contributed by atoms with Gasteiger partial charge in [-0.25, -0.2) is 9.79 Å². The number of fused-ring (bicyclic) bond motifs is 1. The number of allylic oxidation sites excluding steroid dienone is 1. The van der Waals surface area contributed by atoms with Crippen LogP contribution in [0.4, 0.5) is 0 Å². The Morgan fingerprint density at radius 3 is 2.59 bits per heavy atom. The molecule has 2 aliphatic heterocycles. The molecule has 0 fully saturated rings. The highest BCUT2D eigenvalue weighted by molar-refractivity contribution is 8.16. The summed E-state index contributed by atoms with van der Waals surface area (Å²) in [4.78, 5) is 19.3. The standard InChI is InChI=1S/C20H24N2O4S/c1-5-24-15-9-8-14(12-16(15)25-6-2)18-17(19(23)26-7-3)13(4)21-20-22(18)10-11-27-20/h8-12,18H,5-7H2,1-4H3/t18-/m0/s1. The van der Waals surface area contributed by atoms with Crippen molar-refractivity contribution >= 4 is 22.9 Å². The van der Waals surface area contributed by atoms with Crippen molar-refractivity contribution in [1.29, 1.82) is 0 Å². The van der Waals surface area contributed by atoms with Crippen molar-refractivity contribution < 1.29 is 19.0 Å². The molecule has 0 saturated carbocycles. The van der Waals surface area contributed by atoms with Crippen LogP contribution in [0.15, 0.2) is 46.1 Å². The van der Waals surface area contributed by atoms with Crippen LogP contribution >= 0.6 is 11.8 Å². The first-order chi connectivity index (χ1) is 13.1. The van der Waals surface area contributed by atoms with Crippen LogP contribution in [0, 0.1) is 0 Å². The van der Waals surface area contributed by atoms with Crippen LogP contribution in [0.3, 0.4) is 0 Å². The number of thioether (sulfide) groups is 1. The molecule has 144 valence electrons. The Kier molecular flexibility index (Phi) is 6.11. The molecule has 0 spiro atoms. The molecule has 27 heavy (non-hydrogen) atoms. The Balaban J connectivity index is 2.08. The summed E-state index contributed by atoms with van der Waals surface area (Å²) in [6, 6.07) is 5.47. The van der Waals surface area contributed by atoms with Crippen molar-refractivity contribution in [1.82, 2.24) is 4.90 Å². The van der Waals surface area contributed by atoms with E-state index in [0.717, 1.165) is 10.7 Å². The van der Waals surface area contributed by atoms with Crippen LogP contribution in [-0.2, 0) is 9.53 Å². The van der Waals surface area contributed by atoms with E-state index in [1.54, 1.807) is 6.92 Å². The first-order valence-electron chi connectivity index (χ1n) is 9.08. The van der Waals surface area contributed by atoms with E-state index in [2.05, 4.69) is 4.99 Å². The van der Waals surface area contributed by atoms with E-state index in [-0.39, 0.29) is 12.0 Å². The topological polar surface area (TPSA) is 60.4 Å². The molecule has 2 aliphatic rings. The van der Waals surface area contributed by atoms with Gasteiger partial charge in [-0.05, 0) is 50.8 Å². The number of amidine groups is 1.